The molecule has 0 aliphatic heterocycles. The van der Waals surface area contributed by atoms with Crippen molar-refractivity contribution in [3.8, 4) is 0 Å². The summed E-state index contributed by atoms with van der Waals surface area (Å²) >= 11 is 0. The van der Waals surface area contributed by atoms with Gasteiger partial charge in [0.2, 0.25) is 0 Å². The van der Waals surface area contributed by atoms with Gasteiger partial charge in [-0.25, -0.2) is 0 Å². The average molecular weight is 298 g/mol. The van der Waals surface area contributed by atoms with Crippen LogP contribution in [0.3, 0.4) is 0 Å². The minimum atomic E-state index is -0.185. The molecule has 1 nitrogen and oxygen atoms in total. The highest BCUT2D eigenvalue weighted by atomic mass is 16.3. The van der Waals surface area contributed by atoms with Crippen molar-refractivity contribution in [2.75, 3.05) is 0 Å². The molecular formula is C21H30O. The molecule has 1 heteroatoms. The Balaban J connectivity index is 1.70. The van der Waals surface area contributed by atoms with Crippen molar-refractivity contribution >= 4 is 0 Å². The van der Waals surface area contributed by atoms with E-state index in [0.29, 0.717) is 5.41 Å². The topological polar surface area (TPSA) is 20.2 Å². The third kappa shape index (κ3) is 1.95. The standard InChI is InChI=1S/C21H30O/c1-4-14-5-7-18-17-8-6-15-12-16(22)9-10-21(15,3)19(17)11-13(2)20(14)18/h12-13,16-20,22H,1,5-11H2,2-3H3/t13-,16+,17?,18?,19?,20?,21+/m1/s1. The molecule has 7 atom stereocenters. The first-order valence-electron chi connectivity index (χ1n) is 9.32. The molecular weight excluding hydrogens is 268 g/mol. The molecule has 4 rings (SSSR count). The van der Waals surface area contributed by atoms with Gasteiger partial charge < -0.3 is 5.11 Å². The van der Waals surface area contributed by atoms with E-state index in [1.54, 1.807) is 5.57 Å². The van der Waals surface area contributed by atoms with E-state index in [1.165, 1.54) is 44.1 Å². The number of allylic oxidation sites excluding steroid dienone is 2. The highest BCUT2D eigenvalue weighted by molar-refractivity contribution is 5.27. The van der Waals surface area contributed by atoms with Gasteiger partial charge in [-0.15, -0.1) is 5.73 Å². The van der Waals surface area contributed by atoms with E-state index in [0.717, 1.165) is 36.0 Å². The largest absolute Gasteiger partial charge is 0.389 e. The summed E-state index contributed by atoms with van der Waals surface area (Å²) in [6.45, 7) is 8.94. The molecule has 0 saturated heterocycles. The zero-order valence-electron chi connectivity index (χ0n) is 14.1. The molecule has 3 saturated carbocycles. The van der Waals surface area contributed by atoms with E-state index in [1.807, 2.05) is 0 Å². The second-order valence-corrected chi connectivity index (χ2v) is 8.67. The van der Waals surface area contributed by atoms with Gasteiger partial charge in [-0.2, -0.15) is 0 Å². The van der Waals surface area contributed by atoms with Crippen molar-refractivity contribution in [2.24, 2.45) is 35.0 Å². The molecule has 0 aromatic rings. The number of fused-ring (bicyclic) bond motifs is 5. The normalized spacial score (nSPS) is 50.5. The summed E-state index contributed by atoms with van der Waals surface area (Å²) in [5.74, 6) is 4.15. The Kier molecular flexibility index (Phi) is 3.44. The Labute approximate surface area is 135 Å². The van der Waals surface area contributed by atoms with E-state index in [9.17, 15) is 5.11 Å². The lowest BCUT2D eigenvalue weighted by molar-refractivity contribution is -0.0253. The van der Waals surface area contributed by atoms with Gasteiger partial charge in [-0.1, -0.05) is 32.1 Å². The van der Waals surface area contributed by atoms with Crippen molar-refractivity contribution in [2.45, 2.75) is 64.9 Å². The van der Waals surface area contributed by atoms with Crippen molar-refractivity contribution in [3.63, 3.8) is 0 Å². The van der Waals surface area contributed by atoms with E-state index in [4.69, 9.17) is 0 Å². The minimum absolute atomic E-state index is 0.185. The van der Waals surface area contributed by atoms with E-state index < -0.39 is 0 Å². The first-order chi connectivity index (χ1) is 10.5. The van der Waals surface area contributed by atoms with Gasteiger partial charge in [0.1, 0.15) is 0 Å². The molecule has 0 aromatic carbocycles. The second-order valence-electron chi connectivity index (χ2n) is 8.67. The van der Waals surface area contributed by atoms with Crippen molar-refractivity contribution in [1.82, 2.24) is 0 Å². The lowest BCUT2D eigenvalue weighted by Crippen LogP contribution is -2.49. The Bertz CT molecular complexity index is 552. The highest BCUT2D eigenvalue weighted by Crippen LogP contribution is 2.63. The number of hydrogen-bond donors (Lipinski definition) is 1. The molecule has 3 fully saturated rings. The van der Waals surface area contributed by atoms with Gasteiger partial charge >= 0.3 is 0 Å². The zero-order valence-corrected chi connectivity index (χ0v) is 14.1. The molecule has 0 aromatic heterocycles. The van der Waals surface area contributed by atoms with Crippen LogP contribution < -0.4 is 0 Å². The summed E-state index contributed by atoms with van der Waals surface area (Å²) in [5.41, 5.74) is 6.75. The summed E-state index contributed by atoms with van der Waals surface area (Å²) in [5, 5.41) is 10.0. The SMILES string of the molecule is C=C=C1CCC2C3CCC4=C[C@@H](O)CC[C@]4(C)C3C[C@@H](C)C12. The van der Waals surface area contributed by atoms with Crippen LogP contribution in [-0.2, 0) is 0 Å². The maximum atomic E-state index is 10.0. The first-order valence-corrected chi connectivity index (χ1v) is 9.32. The monoisotopic (exact) mass is 298 g/mol. The molecule has 4 aliphatic rings. The van der Waals surface area contributed by atoms with Crippen LogP contribution in [0.1, 0.15) is 58.8 Å². The third-order valence-corrected chi connectivity index (χ3v) is 7.80. The van der Waals surface area contributed by atoms with Crippen LogP contribution in [0.15, 0.2) is 29.5 Å². The van der Waals surface area contributed by atoms with Gasteiger partial charge in [0.15, 0.2) is 0 Å². The average Bonchev–Trinajstić information content (AvgIpc) is 2.94. The van der Waals surface area contributed by atoms with Crippen molar-refractivity contribution < 1.29 is 5.11 Å². The molecule has 1 N–H and O–H groups in total. The molecule has 0 radical (unpaired) electrons. The van der Waals surface area contributed by atoms with Crippen LogP contribution in [0, 0.1) is 35.0 Å². The quantitative estimate of drug-likeness (QED) is 0.499. The van der Waals surface area contributed by atoms with Crippen LogP contribution in [-0.4, -0.2) is 11.2 Å². The van der Waals surface area contributed by atoms with Crippen LogP contribution >= 0.6 is 0 Å². The van der Waals surface area contributed by atoms with Gasteiger partial charge in [0, 0.05) is 0 Å². The molecule has 0 heterocycles. The highest BCUT2D eigenvalue weighted by Gasteiger charge is 2.55. The lowest BCUT2D eigenvalue weighted by atomic mass is 9.48. The van der Waals surface area contributed by atoms with Gasteiger partial charge in [0.05, 0.1) is 6.10 Å². The number of hydrogen-bond acceptors (Lipinski definition) is 1. The molecule has 4 unspecified atom stereocenters. The first kappa shape index (κ1) is 14.8. The number of aliphatic hydroxyl groups excluding tert-OH is 1. The Morgan fingerprint density at radius 2 is 2.00 bits per heavy atom. The molecule has 120 valence electrons. The van der Waals surface area contributed by atoms with Gasteiger partial charge in [-0.3, -0.25) is 0 Å². The van der Waals surface area contributed by atoms with Crippen LogP contribution in [0.25, 0.3) is 0 Å². The van der Waals surface area contributed by atoms with E-state index >= 15 is 0 Å². The lowest BCUT2D eigenvalue weighted by Gasteiger charge is -2.57. The number of aliphatic hydroxyl groups is 1. The van der Waals surface area contributed by atoms with Crippen molar-refractivity contribution in [1.29, 1.82) is 0 Å². The Morgan fingerprint density at radius 3 is 2.77 bits per heavy atom. The summed E-state index contributed by atoms with van der Waals surface area (Å²) in [6.07, 6.45) is 10.7. The fourth-order valence-electron chi connectivity index (χ4n) is 6.78. The summed E-state index contributed by atoms with van der Waals surface area (Å²) in [6, 6.07) is 0. The van der Waals surface area contributed by atoms with Crippen LogP contribution in [0.2, 0.25) is 0 Å². The summed E-state index contributed by atoms with van der Waals surface area (Å²) < 4.78 is 0. The maximum Gasteiger partial charge on any atom is 0.0724 e. The predicted octanol–water partition coefficient (Wildman–Crippen LogP) is 4.88. The molecule has 4 aliphatic carbocycles. The minimum Gasteiger partial charge on any atom is -0.389 e. The Hall–Kier alpha value is -0.780. The van der Waals surface area contributed by atoms with Crippen LogP contribution in [0.5, 0.6) is 0 Å². The van der Waals surface area contributed by atoms with Gasteiger partial charge in [0.25, 0.3) is 0 Å². The number of rotatable bonds is 0. The second kappa shape index (κ2) is 5.11. The fraction of sp³-hybridized carbons (Fsp3) is 0.762. The summed E-state index contributed by atoms with van der Waals surface area (Å²) in [4.78, 5) is 0. The molecule has 0 spiro atoms. The maximum absolute atomic E-state index is 10.0. The van der Waals surface area contributed by atoms with Crippen LogP contribution in [0.4, 0.5) is 0 Å². The van der Waals surface area contributed by atoms with Crippen molar-refractivity contribution in [3.05, 3.63) is 29.5 Å². The zero-order chi connectivity index (χ0) is 15.5. The molecule has 22 heavy (non-hydrogen) atoms. The van der Waals surface area contributed by atoms with E-state index in [-0.39, 0.29) is 6.10 Å². The molecule has 0 bridgehead atoms. The van der Waals surface area contributed by atoms with Gasteiger partial charge in [-0.05, 0) is 85.5 Å². The summed E-state index contributed by atoms with van der Waals surface area (Å²) in [7, 11) is 0. The van der Waals surface area contributed by atoms with E-state index in [2.05, 4.69) is 32.2 Å². The smallest absolute Gasteiger partial charge is 0.0724 e. The third-order valence-electron chi connectivity index (χ3n) is 7.80. The predicted molar refractivity (Wildman–Crippen MR) is 90.3 cm³/mol. The molecule has 0 amide bonds. The Morgan fingerprint density at radius 1 is 1.23 bits per heavy atom. The fourth-order valence-corrected chi connectivity index (χ4v) is 6.78.